The highest BCUT2D eigenvalue weighted by molar-refractivity contribution is 7.13. The zero-order valence-corrected chi connectivity index (χ0v) is 11.1. The Morgan fingerprint density at radius 1 is 1.50 bits per heavy atom. The van der Waals surface area contributed by atoms with Crippen molar-refractivity contribution in [3.63, 3.8) is 0 Å². The van der Waals surface area contributed by atoms with Crippen LogP contribution in [0.3, 0.4) is 0 Å². The Morgan fingerprint density at radius 2 is 2.17 bits per heavy atom. The number of nitrogens with zero attached hydrogens (tertiary/aromatic N) is 2. The number of likely N-dealkylation sites (N-methyl/N-ethyl adjacent to an activating group) is 1. The number of thiazole rings is 1. The maximum Gasteiger partial charge on any atom is 0.434 e. The first kappa shape index (κ1) is 13.6. The SMILES string of the molecule is CN(C)[C@@H](CNc1nc(C(F)(F)F)cs1)C1CC1. The van der Waals surface area contributed by atoms with E-state index in [-0.39, 0.29) is 0 Å². The second-order valence-electron chi connectivity index (χ2n) is 4.78. The van der Waals surface area contributed by atoms with Crippen molar-refractivity contribution in [1.29, 1.82) is 0 Å². The molecular weight excluding hydrogens is 263 g/mol. The zero-order valence-electron chi connectivity index (χ0n) is 10.3. The van der Waals surface area contributed by atoms with Crippen LogP contribution in [0.5, 0.6) is 0 Å². The molecule has 0 saturated heterocycles. The minimum absolute atomic E-state index is 0.342. The van der Waals surface area contributed by atoms with Crippen molar-refractivity contribution in [3.8, 4) is 0 Å². The number of alkyl halides is 3. The smallest absolute Gasteiger partial charge is 0.360 e. The van der Waals surface area contributed by atoms with Gasteiger partial charge in [0.1, 0.15) is 0 Å². The molecule has 1 aliphatic rings. The number of rotatable bonds is 5. The van der Waals surface area contributed by atoms with Gasteiger partial charge in [0.2, 0.25) is 0 Å². The first-order valence-corrected chi connectivity index (χ1v) is 6.69. The van der Waals surface area contributed by atoms with Crippen LogP contribution in [-0.4, -0.2) is 36.6 Å². The van der Waals surface area contributed by atoms with Gasteiger partial charge in [-0.25, -0.2) is 4.98 Å². The maximum atomic E-state index is 12.4. The van der Waals surface area contributed by atoms with Crippen LogP contribution in [0, 0.1) is 5.92 Å². The summed E-state index contributed by atoms with van der Waals surface area (Å²) in [5.74, 6) is 0.662. The molecule has 18 heavy (non-hydrogen) atoms. The molecule has 1 saturated carbocycles. The minimum atomic E-state index is -4.35. The third-order valence-electron chi connectivity index (χ3n) is 3.09. The molecule has 1 atom stereocenters. The van der Waals surface area contributed by atoms with Gasteiger partial charge in [0, 0.05) is 18.0 Å². The fraction of sp³-hybridized carbons (Fsp3) is 0.727. The Kier molecular flexibility index (Phi) is 3.82. The van der Waals surface area contributed by atoms with Gasteiger partial charge >= 0.3 is 6.18 Å². The van der Waals surface area contributed by atoms with Crippen LogP contribution in [0.25, 0.3) is 0 Å². The summed E-state index contributed by atoms with van der Waals surface area (Å²) >= 11 is 1.00. The summed E-state index contributed by atoms with van der Waals surface area (Å²) in [4.78, 5) is 5.67. The van der Waals surface area contributed by atoms with E-state index in [0.717, 1.165) is 16.7 Å². The summed E-state index contributed by atoms with van der Waals surface area (Å²) in [5, 5.41) is 4.39. The number of hydrogen-bond acceptors (Lipinski definition) is 4. The van der Waals surface area contributed by atoms with E-state index in [1.165, 1.54) is 12.8 Å². The first-order valence-electron chi connectivity index (χ1n) is 5.81. The molecule has 0 aliphatic heterocycles. The van der Waals surface area contributed by atoms with Gasteiger partial charge in [-0.2, -0.15) is 13.2 Å². The van der Waals surface area contributed by atoms with E-state index < -0.39 is 11.9 Å². The monoisotopic (exact) mass is 279 g/mol. The Morgan fingerprint density at radius 3 is 2.61 bits per heavy atom. The van der Waals surface area contributed by atoms with Gasteiger partial charge in [0.15, 0.2) is 10.8 Å². The highest BCUT2D eigenvalue weighted by Crippen LogP contribution is 2.35. The lowest BCUT2D eigenvalue weighted by Gasteiger charge is -2.24. The quantitative estimate of drug-likeness (QED) is 0.898. The normalized spacial score (nSPS) is 18.1. The zero-order chi connectivity index (χ0) is 13.3. The van der Waals surface area contributed by atoms with Crippen LogP contribution in [0.1, 0.15) is 18.5 Å². The van der Waals surface area contributed by atoms with Crippen LogP contribution in [0.15, 0.2) is 5.38 Å². The van der Waals surface area contributed by atoms with Crippen molar-refractivity contribution >= 4 is 16.5 Å². The lowest BCUT2D eigenvalue weighted by molar-refractivity contribution is -0.140. The largest absolute Gasteiger partial charge is 0.434 e. The number of halogens is 3. The average molecular weight is 279 g/mol. The third kappa shape index (κ3) is 3.35. The van der Waals surface area contributed by atoms with Crippen molar-refractivity contribution in [2.24, 2.45) is 5.92 Å². The van der Waals surface area contributed by atoms with Crippen LogP contribution in [-0.2, 0) is 6.18 Å². The summed E-state index contributed by atoms with van der Waals surface area (Å²) in [6, 6.07) is 0.364. The number of nitrogens with one attached hydrogen (secondary N) is 1. The van der Waals surface area contributed by atoms with Crippen molar-refractivity contribution in [3.05, 3.63) is 11.1 Å². The molecule has 2 rings (SSSR count). The highest BCUT2D eigenvalue weighted by Gasteiger charge is 2.35. The molecular formula is C11H16F3N3S. The molecule has 1 N–H and O–H groups in total. The van der Waals surface area contributed by atoms with Crippen LogP contribution in [0.4, 0.5) is 18.3 Å². The topological polar surface area (TPSA) is 28.2 Å². The molecule has 0 aromatic carbocycles. The van der Waals surface area contributed by atoms with Crippen molar-refractivity contribution in [2.45, 2.75) is 25.1 Å². The fourth-order valence-electron chi connectivity index (χ4n) is 1.93. The summed E-state index contributed by atoms with van der Waals surface area (Å²) < 4.78 is 37.1. The van der Waals surface area contributed by atoms with Gasteiger partial charge in [0.05, 0.1) is 0 Å². The van der Waals surface area contributed by atoms with E-state index in [1.807, 2.05) is 14.1 Å². The standard InChI is InChI=1S/C11H16F3N3S/c1-17(2)8(7-3-4-7)5-15-10-16-9(6-18-10)11(12,13)14/h6-8H,3-5H2,1-2H3,(H,15,16)/t8-/m0/s1. The second-order valence-corrected chi connectivity index (χ2v) is 5.64. The van der Waals surface area contributed by atoms with E-state index in [9.17, 15) is 13.2 Å². The molecule has 3 nitrogen and oxygen atoms in total. The molecule has 1 heterocycles. The molecule has 1 aromatic rings. The predicted molar refractivity (Wildman–Crippen MR) is 65.8 cm³/mol. The van der Waals surface area contributed by atoms with Gasteiger partial charge in [-0.05, 0) is 32.9 Å². The fourth-order valence-corrected chi connectivity index (χ4v) is 2.66. The molecule has 1 aromatic heterocycles. The number of anilines is 1. The van der Waals surface area contributed by atoms with E-state index in [0.29, 0.717) is 23.6 Å². The highest BCUT2D eigenvalue weighted by atomic mass is 32.1. The first-order chi connectivity index (χ1) is 8.38. The van der Waals surface area contributed by atoms with Crippen molar-refractivity contribution in [2.75, 3.05) is 26.0 Å². The summed E-state index contributed by atoms with van der Waals surface area (Å²) in [5.41, 5.74) is -0.817. The van der Waals surface area contributed by atoms with E-state index in [1.54, 1.807) is 0 Å². The summed E-state index contributed by atoms with van der Waals surface area (Å²) in [6.07, 6.45) is -1.94. The van der Waals surface area contributed by atoms with Crippen LogP contribution in [0.2, 0.25) is 0 Å². The maximum absolute atomic E-state index is 12.4. The summed E-state index contributed by atoms with van der Waals surface area (Å²) in [6.45, 7) is 0.641. The molecule has 0 radical (unpaired) electrons. The van der Waals surface area contributed by atoms with Crippen LogP contribution < -0.4 is 5.32 Å². The van der Waals surface area contributed by atoms with Gasteiger partial charge in [0.25, 0.3) is 0 Å². The Labute approximate surface area is 108 Å². The molecule has 0 bridgehead atoms. The number of hydrogen-bond donors (Lipinski definition) is 1. The second kappa shape index (κ2) is 5.05. The molecule has 0 amide bonds. The molecule has 1 fully saturated rings. The Bertz CT molecular complexity index is 396. The third-order valence-corrected chi connectivity index (χ3v) is 3.89. The van der Waals surface area contributed by atoms with Crippen LogP contribution >= 0.6 is 11.3 Å². The van der Waals surface area contributed by atoms with Crippen molar-refractivity contribution < 1.29 is 13.2 Å². The molecule has 0 spiro atoms. The van der Waals surface area contributed by atoms with E-state index >= 15 is 0 Å². The van der Waals surface area contributed by atoms with Gasteiger partial charge in [-0.15, -0.1) is 11.3 Å². The Balaban J connectivity index is 1.91. The summed E-state index contributed by atoms with van der Waals surface area (Å²) in [7, 11) is 3.99. The van der Waals surface area contributed by atoms with Gasteiger partial charge in [-0.3, -0.25) is 0 Å². The molecule has 0 unspecified atom stereocenters. The van der Waals surface area contributed by atoms with E-state index in [2.05, 4.69) is 15.2 Å². The number of aromatic nitrogens is 1. The molecule has 1 aliphatic carbocycles. The average Bonchev–Trinajstić information content (AvgIpc) is 2.94. The minimum Gasteiger partial charge on any atom is -0.360 e. The van der Waals surface area contributed by atoms with Gasteiger partial charge < -0.3 is 10.2 Å². The lowest BCUT2D eigenvalue weighted by Crippen LogP contribution is -2.36. The molecule has 7 heteroatoms. The molecule has 102 valence electrons. The van der Waals surface area contributed by atoms with E-state index in [4.69, 9.17) is 0 Å². The lowest BCUT2D eigenvalue weighted by atomic mass is 10.1. The predicted octanol–water partition coefficient (Wildman–Crippen LogP) is 2.91. The van der Waals surface area contributed by atoms with Crippen molar-refractivity contribution in [1.82, 2.24) is 9.88 Å². The Hall–Kier alpha value is -0.820. The van der Waals surface area contributed by atoms with Gasteiger partial charge in [-0.1, -0.05) is 0 Å².